The van der Waals surface area contributed by atoms with E-state index in [9.17, 15) is 18.0 Å². The molecule has 0 aliphatic heterocycles. The minimum absolute atomic E-state index is 0.00715. The molecule has 11 heteroatoms. The Bertz CT molecular complexity index is 1630. The Balaban J connectivity index is 1.51. The maximum absolute atomic E-state index is 13.3. The average molecular weight is 527 g/mol. The van der Waals surface area contributed by atoms with Crippen LogP contribution in [0.4, 0.5) is 13.2 Å². The number of amides is 1. The molecular formula is C26H21F3N4O3S. The first-order valence-electron chi connectivity index (χ1n) is 11.2. The van der Waals surface area contributed by atoms with E-state index < -0.39 is 17.8 Å². The first-order chi connectivity index (χ1) is 17.7. The number of nitrogens with two attached hydrogens (primary N) is 1. The maximum Gasteiger partial charge on any atom is 0.433 e. The van der Waals surface area contributed by atoms with Gasteiger partial charge < -0.3 is 20.2 Å². The molecule has 3 N–H and O–H groups in total. The predicted molar refractivity (Wildman–Crippen MR) is 134 cm³/mol. The van der Waals surface area contributed by atoms with Crippen LogP contribution in [0.1, 0.15) is 40.5 Å². The number of hydrogen-bond donors (Lipinski definition) is 2. The highest BCUT2D eigenvalue weighted by Gasteiger charge is 2.33. The van der Waals surface area contributed by atoms with E-state index in [-0.39, 0.29) is 41.2 Å². The van der Waals surface area contributed by atoms with Crippen molar-refractivity contribution in [2.45, 2.75) is 25.7 Å². The molecule has 190 valence electrons. The van der Waals surface area contributed by atoms with E-state index in [1.807, 2.05) is 36.6 Å². The fraction of sp³-hybridized carbons (Fsp3) is 0.192. The molecule has 1 atom stereocenters. The molecule has 5 rings (SSSR count). The second-order valence-corrected chi connectivity index (χ2v) is 9.19. The second-order valence-electron chi connectivity index (χ2n) is 8.28. The number of carbonyl (C=O) groups excluding carboxylic acids is 1. The smallest absolute Gasteiger partial charge is 0.433 e. The van der Waals surface area contributed by atoms with Crippen LogP contribution in [0.5, 0.6) is 5.75 Å². The molecule has 5 aromatic rings. The van der Waals surface area contributed by atoms with Gasteiger partial charge in [0.2, 0.25) is 5.89 Å². The first-order valence-corrected chi connectivity index (χ1v) is 12.1. The van der Waals surface area contributed by atoms with Gasteiger partial charge in [0.25, 0.3) is 5.91 Å². The largest absolute Gasteiger partial charge is 0.494 e. The van der Waals surface area contributed by atoms with Gasteiger partial charge in [-0.1, -0.05) is 18.2 Å². The third kappa shape index (κ3) is 4.51. The van der Waals surface area contributed by atoms with Gasteiger partial charge in [0.15, 0.2) is 11.5 Å². The van der Waals surface area contributed by atoms with Gasteiger partial charge in [0, 0.05) is 15.6 Å². The number of alkyl halides is 3. The topological polar surface area (TPSA) is 103 Å². The summed E-state index contributed by atoms with van der Waals surface area (Å²) in [6, 6.07) is 12.8. The molecule has 2 aromatic carbocycles. The van der Waals surface area contributed by atoms with Gasteiger partial charge >= 0.3 is 6.18 Å². The van der Waals surface area contributed by atoms with Gasteiger partial charge in [-0.05, 0) is 53.6 Å². The highest BCUT2D eigenvalue weighted by atomic mass is 32.1. The number of nitrogens with one attached hydrogen (secondary N) is 1. The number of pyridine rings is 1. The lowest BCUT2D eigenvalue weighted by atomic mass is 10.1. The van der Waals surface area contributed by atoms with Crippen LogP contribution in [0, 0.1) is 0 Å². The third-order valence-corrected chi connectivity index (χ3v) is 6.97. The molecule has 1 amide bonds. The van der Waals surface area contributed by atoms with Crippen LogP contribution in [-0.4, -0.2) is 23.0 Å². The number of benzene rings is 2. The van der Waals surface area contributed by atoms with Crippen LogP contribution in [0.3, 0.4) is 0 Å². The Morgan fingerprint density at radius 3 is 2.65 bits per heavy atom. The van der Waals surface area contributed by atoms with Crippen molar-refractivity contribution in [1.82, 2.24) is 15.3 Å². The summed E-state index contributed by atoms with van der Waals surface area (Å²) in [5.41, 5.74) is 6.10. The van der Waals surface area contributed by atoms with Gasteiger partial charge in [-0.2, -0.15) is 13.2 Å². The van der Waals surface area contributed by atoms with Gasteiger partial charge in [0.1, 0.15) is 17.0 Å². The lowest BCUT2D eigenvalue weighted by molar-refractivity contribution is -0.140. The van der Waals surface area contributed by atoms with Gasteiger partial charge in [-0.3, -0.25) is 4.79 Å². The lowest BCUT2D eigenvalue weighted by Gasteiger charge is -2.13. The van der Waals surface area contributed by atoms with Gasteiger partial charge in [-0.25, -0.2) is 9.97 Å². The molecule has 7 nitrogen and oxygen atoms in total. The Morgan fingerprint density at radius 1 is 1.14 bits per heavy atom. The number of methoxy groups -OCH3 is 1. The van der Waals surface area contributed by atoms with Crippen LogP contribution in [0.15, 0.2) is 58.3 Å². The van der Waals surface area contributed by atoms with Crippen molar-refractivity contribution in [1.29, 1.82) is 0 Å². The fourth-order valence-corrected chi connectivity index (χ4v) is 5.22. The van der Waals surface area contributed by atoms with Gasteiger partial charge in [-0.15, -0.1) is 11.3 Å². The van der Waals surface area contributed by atoms with Crippen molar-refractivity contribution in [3.05, 3.63) is 76.6 Å². The van der Waals surface area contributed by atoms with E-state index in [1.165, 1.54) is 19.2 Å². The Morgan fingerprint density at radius 2 is 1.92 bits per heavy atom. The molecule has 37 heavy (non-hydrogen) atoms. The molecule has 0 aliphatic rings. The number of hydrogen-bond acceptors (Lipinski definition) is 7. The molecule has 0 aliphatic carbocycles. The maximum atomic E-state index is 13.3. The fourth-order valence-electron chi connectivity index (χ4n) is 4.16. The van der Waals surface area contributed by atoms with Gasteiger partial charge in [0.05, 0.1) is 19.7 Å². The number of aromatic nitrogens is 2. The average Bonchev–Trinajstić information content (AvgIpc) is 3.52. The van der Waals surface area contributed by atoms with Crippen molar-refractivity contribution in [3.63, 3.8) is 0 Å². The summed E-state index contributed by atoms with van der Waals surface area (Å²) in [5, 5.41) is 6.31. The molecule has 0 spiro atoms. The lowest BCUT2D eigenvalue weighted by Crippen LogP contribution is -2.28. The summed E-state index contributed by atoms with van der Waals surface area (Å²) in [5.74, 6) is -0.133. The highest BCUT2D eigenvalue weighted by molar-refractivity contribution is 7.17. The van der Waals surface area contributed by atoms with Crippen LogP contribution in [0.2, 0.25) is 0 Å². The quantitative estimate of drug-likeness (QED) is 0.278. The number of nitrogens with zero attached hydrogens (tertiary/aromatic N) is 2. The van der Waals surface area contributed by atoms with Crippen LogP contribution >= 0.6 is 11.3 Å². The zero-order chi connectivity index (χ0) is 26.3. The number of oxazole rings is 1. The summed E-state index contributed by atoms with van der Waals surface area (Å²) in [4.78, 5) is 21.3. The molecule has 3 heterocycles. The summed E-state index contributed by atoms with van der Waals surface area (Å²) in [6.45, 7) is 1.77. The summed E-state index contributed by atoms with van der Waals surface area (Å²) in [7, 11) is 1.34. The van der Waals surface area contributed by atoms with E-state index in [0.29, 0.717) is 10.9 Å². The standard InChI is InChI=1S/C26H21F3N4O3S/c1-13(17-12-37-20-6-4-3-5-14(17)20)31-24(34)23-19(11-30)36-25(33-23)16-7-9-18(35-2)22-15(16)8-10-21(32-22)26(27,28)29/h3-10,12-13H,11,30H2,1-2H3,(H,31,34). The van der Waals surface area contributed by atoms with Crippen LogP contribution in [-0.2, 0) is 12.7 Å². The second kappa shape index (κ2) is 9.49. The molecule has 0 bridgehead atoms. The molecule has 1 unspecified atom stereocenters. The zero-order valence-electron chi connectivity index (χ0n) is 19.7. The first kappa shape index (κ1) is 24.7. The van der Waals surface area contributed by atoms with Crippen molar-refractivity contribution < 1.29 is 27.1 Å². The summed E-state index contributed by atoms with van der Waals surface area (Å²) in [6.07, 6.45) is -4.62. The highest BCUT2D eigenvalue weighted by Crippen LogP contribution is 2.37. The number of fused-ring (bicyclic) bond motifs is 2. The minimum Gasteiger partial charge on any atom is -0.494 e. The van der Waals surface area contributed by atoms with E-state index in [4.69, 9.17) is 14.9 Å². The van der Waals surface area contributed by atoms with Crippen molar-refractivity contribution in [3.8, 4) is 17.2 Å². The Hall–Kier alpha value is -3.96. The number of carbonyl (C=O) groups is 1. The number of ether oxygens (including phenoxy) is 1. The molecule has 0 radical (unpaired) electrons. The zero-order valence-corrected chi connectivity index (χ0v) is 20.5. The molecule has 0 saturated carbocycles. The monoisotopic (exact) mass is 526 g/mol. The number of halogens is 3. The minimum atomic E-state index is -4.62. The van der Waals surface area contributed by atoms with E-state index in [1.54, 1.807) is 17.4 Å². The van der Waals surface area contributed by atoms with Crippen molar-refractivity contribution >= 4 is 38.2 Å². The summed E-state index contributed by atoms with van der Waals surface area (Å²) >= 11 is 1.59. The van der Waals surface area contributed by atoms with E-state index >= 15 is 0 Å². The van der Waals surface area contributed by atoms with E-state index in [0.717, 1.165) is 21.7 Å². The SMILES string of the molecule is COc1ccc(-c2nc(C(=O)NC(C)c3csc4ccccc34)c(CN)o2)c2ccc(C(F)(F)F)nc12. The molecular weight excluding hydrogens is 505 g/mol. The van der Waals surface area contributed by atoms with Crippen molar-refractivity contribution in [2.75, 3.05) is 7.11 Å². The molecule has 0 fully saturated rings. The summed E-state index contributed by atoms with van der Waals surface area (Å²) < 4.78 is 51.9. The number of thiophene rings is 1. The van der Waals surface area contributed by atoms with Crippen LogP contribution < -0.4 is 15.8 Å². The van der Waals surface area contributed by atoms with Crippen LogP contribution in [0.25, 0.3) is 32.4 Å². The van der Waals surface area contributed by atoms with E-state index in [2.05, 4.69) is 15.3 Å². The Kier molecular flexibility index (Phi) is 6.34. The number of rotatable bonds is 6. The van der Waals surface area contributed by atoms with Crippen molar-refractivity contribution in [2.24, 2.45) is 5.73 Å². The third-order valence-electron chi connectivity index (χ3n) is 5.98. The molecule has 0 saturated heterocycles. The normalized spacial score (nSPS) is 12.7. The molecule has 3 aromatic heterocycles. The Labute approximate surface area is 213 Å². The predicted octanol–water partition coefficient (Wildman–Crippen LogP) is 6.08.